The van der Waals surface area contributed by atoms with Crippen molar-refractivity contribution >= 4 is 27.3 Å². The number of carbonyl (C=O) groups excluding carboxylic acids is 1. The number of anilines is 2. The van der Waals surface area contributed by atoms with Crippen LogP contribution in [0.3, 0.4) is 0 Å². The summed E-state index contributed by atoms with van der Waals surface area (Å²) in [6.45, 7) is 5.26. The Bertz CT molecular complexity index is 901. The highest BCUT2D eigenvalue weighted by molar-refractivity contribution is 7.92. The number of amides is 1. The van der Waals surface area contributed by atoms with E-state index in [1.54, 1.807) is 55.1 Å². The molecule has 0 unspecified atom stereocenters. The number of nitrogens with one attached hydrogen (secondary N) is 1. The Morgan fingerprint density at radius 1 is 1.08 bits per heavy atom. The molecular weight excluding hydrogens is 336 g/mol. The Morgan fingerprint density at radius 3 is 2.24 bits per heavy atom. The summed E-state index contributed by atoms with van der Waals surface area (Å²) in [4.78, 5) is 13.8. The standard InChI is InChI=1S/C19H22N2O3S/c1-13-4-11-19(14(2)12-13)25(23,24)20-16-5-7-17(8-6-16)21(15(3)22)18-9-10-18/h4-8,11-12,18,20H,9-10H2,1-3H3. The van der Waals surface area contributed by atoms with Crippen molar-refractivity contribution in [3.63, 3.8) is 0 Å². The third-order valence-corrected chi connectivity index (χ3v) is 5.81. The van der Waals surface area contributed by atoms with Crippen LogP contribution in [0.5, 0.6) is 0 Å². The van der Waals surface area contributed by atoms with Crippen molar-refractivity contribution in [2.45, 2.75) is 44.6 Å². The SMILES string of the molecule is CC(=O)N(c1ccc(NS(=O)(=O)c2ccc(C)cc2C)cc1)C1CC1. The Morgan fingerprint density at radius 2 is 1.72 bits per heavy atom. The lowest BCUT2D eigenvalue weighted by atomic mass is 10.2. The summed E-state index contributed by atoms with van der Waals surface area (Å²) in [5.74, 6) is 0.00566. The maximum Gasteiger partial charge on any atom is 0.262 e. The van der Waals surface area contributed by atoms with E-state index in [-0.39, 0.29) is 16.8 Å². The first kappa shape index (κ1) is 17.5. The molecule has 1 saturated carbocycles. The average Bonchev–Trinajstić information content (AvgIpc) is 3.33. The molecule has 1 N–H and O–H groups in total. The first-order valence-corrected chi connectivity index (χ1v) is 9.76. The molecule has 1 aliphatic rings. The van der Waals surface area contributed by atoms with Crippen LogP contribution in [0.2, 0.25) is 0 Å². The van der Waals surface area contributed by atoms with Gasteiger partial charge in [0.15, 0.2) is 0 Å². The Labute approximate surface area is 148 Å². The first-order chi connectivity index (χ1) is 11.8. The second-order valence-corrected chi connectivity index (χ2v) is 8.19. The minimum absolute atomic E-state index is 0.00566. The number of nitrogens with zero attached hydrogens (tertiary/aromatic N) is 1. The summed E-state index contributed by atoms with van der Waals surface area (Å²) >= 11 is 0. The summed E-state index contributed by atoms with van der Waals surface area (Å²) in [5, 5.41) is 0. The molecule has 5 nitrogen and oxygen atoms in total. The van der Waals surface area contributed by atoms with E-state index in [0.29, 0.717) is 11.3 Å². The van der Waals surface area contributed by atoms with E-state index in [0.717, 1.165) is 24.1 Å². The van der Waals surface area contributed by atoms with Crippen LogP contribution in [0.15, 0.2) is 47.4 Å². The number of hydrogen-bond donors (Lipinski definition) is 1. The minimum atomic E-state index is -3.64. The van der Waals surface area contributed by atoms with Crippen molar-refractivity contribution in [1.82, 2.24) is 0 Å². The lowest BCUT2D eigenvalue weighted by molar-refractivity contribution is -0.116. The third kappa shape index (κ3) is 3.85. The summed E-state index contributed by atoms with van der Waals surface area (Å²) < 4.78 is 27.8. The second kappa shape index (κ2) is 6.52. The molecule has 0 heterocycles. The summed E-state index contributed by atoms with van der Waals surface area (Å²) in [6.07, 6.45) is 2.03. The molecule has 0 atom stereocenters. The zero-order valence-electron chi connectivity index (χ0n) is 14.6. The summed E-state index contributed by atoms with van der Waals surface area (Å²) in [5.41, 5.74) is 3.00. The molecule has 0 radical (unpaired) electrons. The predicted octanol–water partition coefficient (Wildman–Crippen LogP) is 3.62. The number of hydrogen-bond acceptors (Lipinski definition) is 3. The number of aryl methyl sites for hydroxylation is 2. The minimum Gasteiger partial charge on any atom is -0.310 e. The highest BCUT2D eigenvalue weighted by Crippen LogP contribution is 2.32. The van der Waals surface area contributed by atoms with E-state index >= 15 is 0 Å². The maximum atomic E-state index is 12.6. The van der Waals surface area contributed by atoms with Gasteiger partial charge in [-0.25, -0.2) is 8.42 Å². The molecule has 1 amide bonds. The zero-order chi connectivity index (χ0) is 18.2. The fourth-order valence-corrected chi connectivity index (χ4v) is 4.27. The van der Waals surface area contributed by atoms with Gasteiger partial charge in [-0.1, -0.05) is 17.7 Å². The fourth-order valence-electron chi connectivity index (χ4n) is 2.98. The van der Waals surface area contributed by atoms with Crippen molar-refractivity contribution in [2.75, 3.05) is 9.62 Å². The Balaban J connectivity index is 1.82. The smallest absolute Gasteiger partial charge is 0.262 e. The van der Waals surface area contributed by atoms with Gasteiger partial charge in [0.1, 0.15) is 0 Å². The number of benzene rings is 2. The van der Waals surface area contributed by atoms with Crippen LogP contribution in [0.25, 0.3) is 0 Å². The van der Waals surface area contributed by atoms with E-state index in [1.165, 1.54) is 0 Å². The zero-order valence-corrected chi connectivity index (χ0v) is 15.4. The Kier molecular flexibility index (Phi) is 4.56. The van der Waals surface area contributed by atoms with Crippen molar-refractivity contribution < 1.29 is 13.2 Å². The molecule has 2 aromatic rings. The summed E-state index contributed by atoms with van der Waals surface area (Å²) in [6, 6.07) is 12.5. The first-order valence-electron chi connectivity index (χ1n) is 8.28. The molecule has 6 heteroatoms. The topological polar surface area (TPSA) is 66.5 Å². The molecule has 2 aromatic carbocycles. The van der Waals surface area contributed by atoms with Gasteiger partial charge in [0, 0.05) is 24.3 Å². The highest BCUT2D eigenvalue weighted by Gasteiger charge is 2.31. The average molecular weight is 358 g/mol. The second-order valence-electron chi connectivity index (χ2n) is 6.54. The van der Waals surface area contributed by atoms with Gasteiger partial charge in [-0.15, -0.1) is 0 Å². The molecular formula is C19H22N2O3S. The van der Waals surface area contributed by atoms with Gasteiger partial charge in [-0.05, 0) is 62.6 Å². The molecule has 0 aromatic heterocycles. The fraction of sp³-hybridized carbons (Fsp3) is 0.316. The molecule has 25 heavy (non-hydrogen) atoms. The van der Waals surface area contributed by atoms with Crippen molar-refractivity contribution in [3.8, 4) is 0 Å². The van der Waals surface area contributed by atoms with E-state index in [4.69, 9.17) is 0 Å². The van der Waals surface area contributed by atoms with Gasteiger partial charge in [-0.3, -0.25) is 9.52 Å². The van der Waals surface area contributed by atoms with Crippen LogP contribution in [0.4, 0.5) is 11.4 Å². The number of sulfonamides is 1. The van der Waals surface area contributed by atoms with Gasteiger partial charge < -0.3 is 4.90 Å². The van der Waals surface area contributed by atoms with Crippen LogP contribution >= 0.6 is 0 Å². The Hall–Kier alpha value is -2.34. The lowest BCUT2D eigenvalue weighted by Gasteiger charge is -2.21. The van der Waals surface area contributed by atoms with Crippen LogP contribution in [-0.4, -0.2) is 20.4 Å². The maximum absolute atomic E-state index is 12.6. The largest absolute Gasteiger partial charge is 0.310 e. The normalized spacial score (nSPS) is 14.2. The molecule has 1 fully saturated rings. The van der Waals surface area contributed by atoms with E-state index in [2.05, 4.69) is 4.72 Å². The molecule has 132 valence electrons. The molecule has 0 bridgehead atoms. The monoisotopic (exact) mass is 358 g/mol. The van der Waals surface area contributed by atoms with E-state index in [9.17, 15) is 13.2 Å². The molecule has 3 rings (SSSR count). The van der Waals surface area contributed by atoms with Gasteiger partial charge in [0.05, 0.1) is 4.90 Å². The van der Waals surface area contributed by atoms with Gasteiger partial charge in [0.2, 0.25) is 5.91 Å². The van der Waals surface area contributed by atoms with Crippen LogP contribution in [-0.2, 0) is 14.8 Å². The summed E-state index contributed by atoms with van der Waals surface area (Å²) in [7, 11) is -3.64. The molecule has 0 aliphatic heterocycles. The lowest BCUT2D eigenvalue weighted by Crippen LogP contribution is -2.30. The predicted molar refractivity (Wildman–Crippen MR) is 99.3 cm³/mol. The van der Waals surface area contributed by atoms with E-state index in [1.807, 2.05) is 13.0 Å². The van der Waals surface area contributed by atoms with Gasteiger partial charge >= 0.3 is 0 Å². The molecule has 0 spiro atoms. The van der Waals surface area contributed by atoms with E-state index < -0.39 is 10.0 Å². The molecule has 0 saturated heterocycles. The van der Waals surface area contributed by atoms with Gasteiger partial charge in [-0.2, -0.15) is 0 Å². The van der Waals surface area contributed by atoms with Crippen LogP contribution < -0.4 is 9.62 Å². The van der Waals surface area contributed by atoms with Crippen molar-refractivity contribution in [3.05, 3.63) is 53.6 Å². The third-order valence-electron chi connectivity index (χ3n) is 4.27. The molecule has 1 aliphatic carbocycles. The van der Waals surface area contributed by atoms with Gasteiger partial charge in [0.25, 0.3) is 10.0 Å². The quantitative estimate of drug-likeness (QED) is 0.888. The van der Waals surface area contributed by atoms with Crippen LogP contribution in [0.1, 0.15) is 30.9 Å². The van der Waals surface area contributed by atoms with Crippen LogP contribution in [0, 0.1) is 13.8 Å². The van der Waals surface area contributed by atoms with Crippen molar-refractivity contribution in [1.29, 1.82) is 0 Å². The number of rotatable bonds is 5. The van der Waals surface area contributed by atoms with Crippen molar-refractivity contribution in [2.24, 2.45) is 0 Å². The number of carbonyl (C=O) groups is 1. The highest BCUT2D eigenvalue weighted by atomic mass is 32.2.